The number of methoxy groups -OCH3 is 1. The second kappa shape index (κ2) is 11.4. The molecule has 214 valence electrons. The Hall–Kier alpha value is -3.66. The van der Waals surface area contributed by atoms with Crippen molar-refractivity contribution in [1.29, 1.82) is 0 Å². The van der Waals surface area contributed by atoms with Crippen molar-refractivity contribution in [2.75, 3.05) is 26.8 Å². The highest BCUT2D eigenvalue weighted by atomic mass is 19.1. The van der Waals surface area contributed by atoms with E-state index in [0.29, 0.717) is 47.2 Å². The number of halogens is 1. The van der Waals surface area contributed by atoms with Gasteiger partial charge in [-0.05, 0) is 93.3 Å². The molecule has 4 heterocycles. The topological polar surface area (TPSA) is 106 Å². The fourth-order valence-electron chi connectivity index (χ4n) is 5.87. The van der Waals surface area contributed by atoms with E-state index in [1.54, 1.807) is 14.0 Å². The minimum atomic E-state index is -0.975. The molecule has 1 saturated heterocycles. The number of hydrogen-bond donors (Lipinski definition) is 2. The van der Waals surface area contributed by atoms with E-state index in [4.69, 9.17) is 19.2 Å². The standard InChI is InChI=1S/C30H37FN4O5/c1-16(29-33-34-30(40-29)35-10-8-20(38-5)9-11-35)13-23-18(3)32-19(4)24(15-26(36)37)27(23)22-14-25(31)28-21(17(22)2)7-6-12-39-28/h13-14,20,29,33H,6-12,15H2,1-5H3,(H,36,37)/b16-13+. The summed E-state index contributed by atoms with van der Waals surface area (Å²) in [6, 6.07) is 2.02. The highest BCUT2D eigenvalue weighted by molar-refractivity contribution is 5.86. The van der Waals surface area contributed by atoms with Crippen LogP contribution in [0.1, 0.15) is 59.8 Å². The molecule has 0 saturated carbocycles. The monoisotopic (exact) mass is 552 g/mol. The van der Waals surface area contributed by atoms with Crippen molar-refractivity contribution in [3.05, 3.63) is 51.1 Å². The lowest BCUT2D eigenvalue weighted by atomic mass is 9.85. The third kappa shape index (κ3) is 5.37. The fourth-order valence-corrected chi connectivity index (χ4v) is 5.87. The molecule has 0 aliphatic carbocycles. The molecule has 1 atom stereocenters. The molecule has 10 heteroatoms. The number of carbonyl (C=O) groups is 1. The van der Waals surface area contributed by atoms with Crippen LogP contribution in [-0.4, -0.2) is 66.1 Å². The van der Waals surface area contributed by atoms with E-state index in [2.05, 4.69) is 15.4 Å². The molecule has 3 aliphatic rings. The van der Waals surface area contributed by atoms with Gasteiger partial charge >= 0.3 is 12.0 Å². The molecule has 1 aromatic heterocycles. The lowest BCUT2D eigenvalue weighted by molar-refractivity contribution is -0.136. The Bertz CT molecular complexity index is 1380. The number of ether oxygens (including phenoxy) is 3. The minimum Gasteiger partial charge on any atom is -0.490 e. The van der Waals surface area contributed by atoms with Crippen LogP contribution in [-0.2, 0) is 27.1 Å². The number of nitrogens with zero attached hydrogens (tertiary/aromatic N) is 3. The first-order valence-electron chi connectivity index (χ1n) is 13.8. The van der Waals surface area contributed by atoms with Crippen LogP contribution in [0.2, 0.25) is 0 Å². The Balaban J connectivity index is 1.54. The number of pyridine rings is 1. The summed E-state index contributed by atoms with van der Waals surface area (Å²) in [6.45, 7) is 9.65. The van der Waals surface area contributed by atoms with Crippen LogP contribution in [0.3, 0.4) is 0 Å². The number of carboxylic acids is 1. The highest BCUT2D eigenvalue weighted by Gasteiger charge is 2.30. The van der Waals surface area contributed by atoms with Crippen molar-refractivity contribution < 1.29 is 28.5 Å². The highest BCUT2D eigenvalue weighted by Crippen LogP contribution is 2.41. The van der Waals surface area contributed by atoms with Gasteiger partial charge in [-0.2, -0.15) is 0 Å². The van der Waals surface area contributed by atoms with Gasteiger partial charge in [-0.15, -0.1) is 5.10 Å². The molecule has 1 aromatic carbocycles. The molecule has 2 aromatic rings. The zero-order valence-electron chi connectivity index (χ0n) is 23.8. The Labute approximate surface area is 234 Å². The molecule has 1 unspecified atom stereocenters. The van der Waals surface area contributed by atoms with Crippen LogP contribution in [0, 0.1) is 26.6 Å². The van der Waals surface area contributed by atoms with E-state index in [-0.39, 0.29) is 12.5 Å². The number of likely N-dealkylation sites (tertiary alicyclic amines) is 1. The number of amidine groups is 1. The van der Waals surface area contributed by atoms with Gasteiger partial charge in [0.15, 0.2) is 11.6 Å². The largest absolute Gasteiger partial charge is 0.490 e. The summed E-state index contributed by atoms with van der Waals surface area (Å²) < 4.78 is 32.7. The smallest absolute Gasteiger partial charge is 0.311 e. The molecule has 2 N–H and O–H groups in total. The Kier molecular flexibility index (Phi) is 7.98. The molecule has 9 nitrogen and oxygen atoms in total. The third-order valence-electron chi connectivity index (χ3n) is 8.10. The lowest BCUT2D eigenvalue weighted by Gasteiger charge is -2.31. The maximum Gasteiger partial charge on any atom is 0.311 e. The van der Waals surface area contributed by atoms with Gasteiger partial charge in [0, 0.05) is 42.7 Å². The summed E-state index contributed by atoms with van der Waals surface area (Å²) in [4.78, 5) is 18.8. The van der Waals surface area contributed by atoms with Gasteiger partial charge in [0.1, 0.15) is 0 Å². The summed E-state index contributed by atoms with van der Waals surface area (Å²) >= 11 is 0. The Morgan fingerprint density at radius 3 is 2.73 bits per heavy atom. The van der Waals surface area contributed by atoms with Crippen molar-refractivity contribution in [3.63, 3.8) is 0 Å². The number of hydrogen-bond acceptors (Lipinski definition) is 8. The van der Waals surface area contributed by atoms with Gasteiger partial charge in [-0.1, -0.05) is 0 Å². The number of aryl methyl sites for hydroxylation is 2. The zero-order chi connectivity index (χ0) is 28.6. The first kappa shape index (κ1) is 27.9. The maximum atomic E-state index is 15.4. The number of piperidine rings is 1. The van der Waals surface area contributed by atoms with Gasteiger partial charge in [-0.3, -0.25) is 15.2 Å². The van der Waals surface area contributed by atoms with Gasteiger partial charge in [0.2, 0.25) is 6.23 Å². The number of rotatable bonds is 6. The lowest BCUT2D eigenvalue weighted by Crippen LogP contribution is -2.41. The van der Waals surface area contributed by atoms with Crippen LogP contribution in [0.25, 0.3) is 17.2 Å². The fraction of sp³-hybridized carbons (Fsp3) is 0.500. The summed E-state index contributed by atoms with van der Waals surface area (Å²) in [5.74, 6) is -1.12. The first-order valence-corrected chi connectivity index (χ1v) is 13.8. The van der Waals surface area contributed by atoms with Crippen LogP contribution < -0.4 is 10.2 Å². The molecule has 0 amide bonds. The average molecular weight is 553 g/mol. The van der Waals surface area contributed by atoms with Crippen LogP contribution in [0.5, 0.6) is 5.75 Å². The predicted octanol–water partition coefficient (Wildman–Crippen LogP) is 4.50. The maximum absolute atomic E-state index is 15.4. The van der Waals surface area contributed by atoms with E-state index >= 15 is 4.39 Å². The number of aromatic nitrogens is 1. The first-order chi connectivity index (χ1) is 19.2. The molecule has 40 heavy (non-hydrogen) atoms. The van der Waals surface area contributed by atoms with E-state index < -0.39 is 18.0 Å². The van der Waals surface area contributed by atoms with E-state index in [9.17, 15) is 9.90 Å². The van der Waals surface area contributed by atoms with Gasteiger partial charge < -0.3 is 24.2 Å². The normalized spacial score (nSPS) is 19.4. The Morgan fingerprint density at radius 2 is 2.02 bits per heavy atom. The Morgan fingerprint density at radius 1 is 1.27 bits per heavy atom. The summed E-state index contributed by atoms with van der Waals surface area (Å²) in [6.07, 6.45) is 4.79. The number of aliphatic carboxylic acids is 1. The number of benzene rings is 1. The summed E-state index contributed by atoms with van der Waals surface area (Å²) in [7, 11) is 1.74. The van der Waals surface area contributed by atoms with Gasteiger partial charge in [0.25, 0.3) is 0 Å². The molecule has 0 spiro atoms. The van der Waals surface area contributed by atoms with Gasteiger partial charge in [-0.25, -0.2) is 4.39 Å². The number of hydrazone groups is 1. The second-order valence-corrected chi connectivity index (χ2v) is 10.7. The minimum absolute atomic E-state index is 0.230. The molecular weight excluding hydrogens is 515 g/mol. The SMILES string of the molecule is COC1CCN(C2=NNC(/C(C)=C/c3c(C)nc(C)c(CC(=O)O)c3-c3cc(F)c4c(c3C)CCCO4)O2)CC1. The van der Waals surface area contributed by atoms with E-state index in [1.807, 2.05) is 26.8 Å². The van der Waals surface area contributed by atoms with Crippen molar-refractivity contribution in [2.45, 2.75) is 72.1 Å². The molecule has 0 bridgehead atoms. The number of nitrogens with one attached hydrogen (secondary N) is 1. The van der Waals surface area contributed by atoms with Crippen LogP contribution >= 0.6 is 0 Å². The molecular formula is C30H37FN4O5. The van der Waals surface area contributed by atoms with E-state index in [1.165, 1.54) is 6.07 Å². The van der Waals surface area contributed by atoms with Crippen LogP contribution in [0.15, 0.2) is 16.7 Å². The average Bonchev–Trinajstić information content (AvgIpc) is 3.44. The van der Waals surface area contributed by atoms with Crippen LogP contribution in [0.4, 0.5) is 4.39 Å². The molecule has 3 aliphatic heterocycles. The van der Waals surface area contributed by atoms with Crippen molar-refractivity contribution in [1.82, 2.24) is 15.3 Å². The number of carboxylic acid groups (broad SMARTS) is 1. The molecule has 0 radical (unpaired) electrons. The predicted molar refractivity (Wildman–Crippen MR) is 150 cm³/mol. The third-order valence-corrected chi connectivity index (χ3v) is 8.10. The quantitative estimate of drug-likeness (QED) is 0.540. The van der Waals surface area contributed by atoms with Crippen molar-refractivity contribution in [3.8, 4) is 16.9 Å². The van der Waals surface area contributed by atoms with Gasteiger partial charge in [0.05, 0.1) is 19.1 Å². The number of fused-ring (bicyclic) bond motifs is 1. The van der Waals surface area contributed by atoms with Crippen molar-refractivity contribution in [2.24, 2.45) is 5.10 Å². The van der Waals surface area contributed by atoms with Crippen molar-refractivity contribution >= 4 is 18.1 Å². The second-order valence-electron chi connectivity index (χ2n) is 10.7. The summed E-state index contributed by atoms with van der Waals surface area (Å²) in [5, 5.41) is 14.2. The zero-order valence-corrected chi connectivity index (χ0v) is 23.8. The molecule has 1 fully saturated rings. The summed E-state index contributed by atoms with van der Waals surface area (Å²) in [5.41, 5.74) is 9.60. The van der Waals surface area contributed by atoms with E-state index in [0.717, 1.165) is 60.3 Å². The molecule has 5 rings (SSSR count).